The second-order valence-electron chi connectivity index (χ2n) is 4.05. The zero-order valence-electron chi connectivity index (χ0n) is 8.70. The summed E-state index contributed by atoms with van der Waals surface area (Å²) >= 11 is 0. The first-order valence-corrected chi connectivity index (χ1v) is 5.14. The van der Waals surface area contributed by atoms with Crippen LogP contribution in [0.3, 0.4) is 0 Å². The molecular formula is C12H16N2. The molecule has 0 saturated heterocycles. The second-order valence-corrected chi connectivity index (χ2v) is 4.05. The summed E-state index contributed by atoms with van der Waals surface area (Å²) in [4.78, 5) is 0. The molecule has 0 radical (unpaired) electrons. The molecule has 2 heteroatoms. The fourth-order valence-electron chi connectivity index (χ4n) is 1.68. The second kappa shape index (κ2) is 3.82. The lowest BCUT2D eigenvalue weighted by Gasteiger charge is -2.11. The van der Waals surface area contributed by atoms with Crippen molar-refractivity contribution in [3.8, 4) is 0 Å². The van der Waals surface area contributed by atoms with E-state index in [0.29, 0.717) is 12.0 Å². The van der Waals surface area contributed by atoms with Crippen molar-refractivity contribution in [3.05, 3.63) is 35.4 Å². The van der Waals surface area contributed by atoms with Crippen LogP contribution in [-0.4, -0.2) is 6.21 Å². The van der Waals surface area contributed by atoms with E-state index in [9.17, 15) is 0 Å². The predicted molar refractivity (Wildman–Crippen MR) is 59.5 cm³/mol. The van der Waals surface area contributed by atoms with E-state index in [-0.39, 0.29) is 0 Å². The smallest absolute Gasteiger partial charge is 0.0739 e. The van der Waals surface area contributed by atoms with Crippen LogP contribution in [0.2, 0.25) is 0 Å². The van der Waals surface area contributed by atoms with Gasteiger partial charge in [0.15, 0.2) is 0 Å². The summed E-state index contributed by atoms with van der Waals surface area (Å²) < 4.78 is 0. The summed E-state index contributed by atoms with van der Waals surface area (Å²) in [5.74, 6) is 0.608. The number of hydrogen-bond acceptors (Lipinski definition) is 2. The van der Waals surface area contributed by atoms with E-state index >= 15 is 0 Å². The Morgan fingerprint density at radius 3 is 2.50 bits per heavy atom. The zero-order valence-corrected chi connectivity index (χ0v) is 8.70. The fourth-order valence-corrected chi connectivity index (χ4v) is 1.68. The zero-order chi connectivity index (χ0) is 9.97. The Labute approximate surface area is 85.0 Å². The number of nitrogens with zero attached hydrogens (tertiary/aromatic N) is 1. The number of hydrazone groups is 1. The van der Waals surface area contributed by atoms with Gasteiger partial charge in [-0.3, -0.25) is 0 Å². The predicted octanol–water partition coefficient (Wildman–Crippen LogP) is 2.83. The number of nitrogens with one attached hydrogen (secondary N) is 1. The van der Waals surface area contributed by atoms with Crippen LogP contribution in [0.15, 0.2) is 29.4 Å². The van der Waals surface area contributed by atoms with Gasteiger partial charge in [-0.15, -0.1) is 0 Å². The topological polar surface area (TPSA) is 24.4 Å². The van der Waals surface area contributed by atoms with Gasteiger partial charge in [0.2, 0.25) is 0 Å². The molecule has 0 spiro atoms. The third-order valence-corrected chi connectivity index (χ3v) is 2.67. The molecule has 74 valence electrons. The van der Waals surface area contributed by atoms with Gasteiger partial charge in [-0.2, -0.15) is 5.10 Å². The molecule has 0 amide bonds. The summed E-state index contributed by atoms with van der Waals surface area (Å²) in [6, 6.07) is 9.19. The van der Waals surface area contributed by atoms with E-state index in [1.807, 2.05) is 6.21 Å². The third kappa shape index (κ3) is 1.79. The average molecular weight is 188 g/mol. The van der Waals surface area contributed by atoms with E-state index in [4.69, 9.17) is 0 Å². The number of benzene rings is 1. The Balaban J connectivity index is 2.13. The molecule has 1 atom stereocenters. The minimum absolute atomic E-state index is 0.385. The quantitative estimate of drug-likeness (QED) is 0.758. The lowest BCUT2D eigenvalue weighted by molar-refractivity contribution is 0.620. The Kier molecular flexibility index (Phi) is 2.53. The molecule has 1 heterocycles. The van der Waals surface area contributed by atoms with Crippen molar-refractivity contribution in [1.29, 1.82) is 0 Å². The van der Waals surface area contributed by atoms with E-state index in [1.165, 1.54) is 11.1 Å². The highest BCUT2D eigenvalue weighted by Crippen LogP contribution is 2.21. The van der Waals surface area contributed by atoms with Crippen molar-refractivity contribution in [3.63, 3.8) is 0 Å². The highest BCUT2D eigenvalue weighted by molar-refractivity contribution is 5.60. The van der Waals surface area contributed by atoms with Crippen molar-refractivity contribution in [2.24, 2.45) is 5.10 Å². The van der Waals surface area contributed by atoms with Crippen LogP contribution in [0.25, 0.3) is 0 Å². The molecule has 1 aromatic rings. The number of hydrogen-bond donors (Lipinski definition) is 1. The maximum absolute atomic E-state index is 4.02. The maximum atomic E-state index is 4.02. The SMILES string of the molecule is CC(C)c1ccc(C2CC=NN2)cc1. The molecule has 14 heavy (non-hydrogen) atoms. The average Bonchev–Trinajstić information content (AvgIpc) is 2.71. The molecule has 0 aromatic heterocycles. The first-order chi connectivity index (χ1) is 6.77. The van der Waals surface area contributed by atoms with Crippen LogP contribution in [0.5, 0.6) is 0 Å². The normalized spacial score (nSPS) is 20.1. The monoisotopic (exact) mass is 188 g/mol. The van der Waals surface area contributed by atoms with E-state index in [0.717, 1.165) is 6.42 Å². The molecule has 2 rings (SSSR count). The van der Waals surface area contributed by atoms with Crippen LogP contribution in [-0.2, 0) is 0 Å². The van der Waals surface area contributed by atoms with E-state index in [1.54, 1.807) is 0 Å². The van der Waals surface area contributed by atoms with Crippen LogP contribution in [0, 0.1) is 0 Å². The van der Waals surface area contributed by atoms with Gasteiger partial charge < -0.3 is 5.43 Å². The van der Waals surface area contributed by atoms with Gasteiger partial charge in [0.05, 0.1) is 6.04 Å². The van der Waals surface area contributed by atoms with Gasteiger partial charge in [-0.05, 0) is 17.0 Å². The van der Waals surface area contributed by atoms with Crippen LogP contribution < -0.4 is 5.43 Å². The van der Waals surface area contributed by atoms with Crippen molar-refractivity contribution < 1.29 is 0 Å². The lowest BCUT2D eigenvalue weighted by atomic mass is 9.98. The summed E-state index contributed by atoms with van der Waals surface area (Å²) in [6.45, 7) is 4.43. The first-order valence-electron chi connectivity index (χ1n) is 5.14. The van der Waals surface area contributed by atoms with Gasteiger partial charge in [0.1, 0.15) is 0 Å². The summed E-state index contributed by atoms with van der Waals surface area (Å²) in [7, 11) is 0. The van der Waals surface area contributed by atoms with Gasteiger partial charge in [0, 0.05) is 12.6 Å². The maximum Gasteiger partial charge on any atom is 0.0739 e. The van der Waals surface area contributed by atoms with E-state index in [2.05, 4.69) is 48.6 Å². The minimum Gasteiger partial charge on any atom is -0.303 e. The molecule has 1 aliphatic rings. The summed E-state index contributed by atoms with van der Waals surface area (Å²) in [6.07, 6.45) is 2.93. The largest absolute Gasteiger partial charge is 0.303 e. The van der Waals surface area contributed by atoms with Gasteiger partial charge in [0.25, 0.3) is 0 Å². The molecule has 0 fully saturated rings. The highest BCUT2D eigenvalue weighted by Gasteiger charge is 2.12. The Morgan fingerprint density at radius 1 is 1.29 bits per heavy atom. The minimum atomic E-state index is 0.385. The molecule has 0 bridgehead atoms. The van der Waals surface area contributed by atoms with Gasteiger partial charge in [-0.25, -0.2) is 0 Å². The Morgan fingerprint density at radius 2 is 2.00 bits per heavy atom. The van der Waals surface area contributed by atoms with Crippen LogP contribution in [0.1, 0.15) is 43.4 Å². The van der Waals surface area contributed by atoms with Crippen LogP contribution >= 0.6 is 0 Å². The summed E-state index contributed by atoms with van der Waals surface area (Å²) in [5, 5.41) is 4.02. The van der Waals surface area contributed by atoms with Gasteiger partial charge >= 0.3 is 0 Å². The van der Waals surface area contributed by atoms with Crippen molar-refractivity contribution in [2.75, 3.05) is 0 Å². The molecule has 2 nitrogen and oxygen atoms in total. The standard InChI is InChI=1S/C12H16N2/c1-9(2)10-3-5-11(6-4-10)12-7-8-13-14-12/h3-6,8-9,12,14H,7H2,1-2H3. The molecule has 1 aliphatic heterocycles. The van der Waals surface area contributed by atoms with E-state index < -0.39 is 0 Å². The molecular weight excluding hydrogens is 172 g/mol. The van der Waals surface area contributed by atoms with Crippen LogP contribution in [0.4, 0.5) is 0 Å². The first kappa shape index (κ1) is 9.25. The third-order valence-electron chi connectivity index (χ3n) is 2.67. The lowest BCUT2D eigenvalue weighted by Crippen LogP contribution is -2.09. The Hall–Kier alpha value is -1.31. The molecule has 1 N–H and O–H groups in total. The van der Waals surface area contributed by atoms with Crippen molar-refractivity contribution in [2.45, 2.75) is 32.2 Å². The Bertz CT molecular complexity index is 317. The molecule has 1 aromatic carbocycles. The fraction of sp³-hybridized carbons (Fsp3) is 0.417. The molecule has 0 saturated carbocycles. The highest BCUT2D eigenvalue weighted by atomic mass is 15.3. The molecule has 0 aliphatic carbocycles. The summed E-state index contributed by atoms with van der Waals surface area (Å²) in [5.41, 5.74) is 5.81. The number of rotatable bonds is 2. The van der Waals surface area contributed by atoms with Gasteiger partial charge in [-0.1, -0.05) is 38.1 Å². The molecule has 1 unspecified atom stereocenters. The van der Waals surface area contributed by atoms with Crippen molar-refractivity contribution >= 4 is 6.21 Å². The van der Waals surface area contributed by atoms with Crippen molar-refractivity contribution in [1.82, 2.24) is 5.43 Å².